The van der Waals surface area contributed by atoms with Gasteiger partial charge in [0.2, 0.25) is 177 Å². The summed E-state index contributed by atoms with van der Waals surface area (Å²) >= 11 is -5.05. The fourth-order valence-corrected chi connectivity index (χ4v) is 18.5. The van der Waals surface area contributed by atoms with E-state index in [-0.39, 0.29) is 930 Å². The standard InChI is InChI=1S/C30H54O79S18.18K.H2O/c31-110(32)94-13(11(95-113(39,40)41)3-86-29-23(106-124(72,73)74)19(102-120(60,61)62)14(97-115(45,46)47)7(90-29)1-84-27-25(108-126(78,79)80)21(104-122(66,67)68)16(99-117(51,52)53)9(92-27)5-88-111(33,34)35)18(101-119(57,58)59)12(96-114(42,43)44)4-87-30-24(107-125(75,76)77)20(103-121(63,64)65)15(98-116(48,49)50)8(91-30)2-85-28-26(109-127(81,82)83)22(105-123(69,70)71)17(100-118(54,55)56)10(93-28)6-89-112(36,37)38;;;;;;;;;;;;;;;;;;;/h7-30H,1-6H2,(H,31,32)(H,33,34,35)(H,36,37,38)(H,39,40,41)(H,42,43,44)(H,45,46,47)(H,48,49,50)(H,51,52,53)(H,54,55,56)(H,57,58,59)(H,60,61,62)(H,63,64,65)(H,66,67,68)(H,69,70,71)(H,72,73,74)(H,75,76,77)(H,78,79,80)(H,81,82,83);;;;;;;;;;;;;;;;;;;1H2/q;18*+1;/p-19/t7-,8-,9-,10-,11-,12-,13-,14-,15-,16-,17-,18-,19+,20+,21+,22+,23-,24-,25-,26-,27-,28-,29-,30-;;;;;;;;;;;;;;;;;;;/m1.................../s1. The number of hydrogen-bond acceptors (Lipinski definition) is 80. The molecular formula is C30H37K18O80S18-. The summed E-state index contributed by atoms with van der Waals surface area (Å²) in [7, 11) is -118. The molecule has 25 atom stereocenters. The predicted octanol–water partition coefficient (Wildman–Crippen LogP) is -75.3. The normalized spacial score (nSPS) is 26.0. The minimum atomic E-state index is -7.40. The molecule has 0 aromatic rings. The van der Waals surface area contributed by atoms with E-state index < -0.39 is 375 Å². The van der Waals surface area contributed by atoms with Crippen LogP contribution in [0.5, 0.6) is 0 Å². The second-order valence-corrected chi connectivity index (χ2v) is 40.2. The van der Waals surface area contributed by atoms with Crippen molar-refractivity contribution in [2.45, 2.75) is 147 Å². The van der Waals surface area contributed by atoms with Crippen LogP contribution < -0.4 is 925 Å². The molecule has 0 amide bonds. The minimum absolute atomic E-state index is 0. The fraction of sp³-hybridized carbons (Fsp3) is 1.00. The molecule has 4 aliphatic rings. The van der Waals surface area contributed by atoms with Crippen LogP contribution in [0.15, 0.2) is 0 Å². The minimum Gasteiger partial charge on any atom is -0.870 e. The first-order chi connectivity index (χ1) is 56.3. The Balaban J connectivity index is -0.000000635. The Bertz CT molecular complexity index is 6010. The number of ether oxygens (including phenoxy) is 8. The van der Waals surface area contributed by atoms with Crippen LogP contribution in [0.4, 0.5) is 0 Å². The molecule has 4 saturated heterocycles. The molecular weight excluding hydrogens is 2920 g/mol. The van der Waals surface area contributed by atoms with Crippen LogP contribution in [-0.2, 0) is 301 Å². The molecule has 4 fully saturated rings. The largest absolute Gasteiger partial charge is 1.00 e. The average Bonchev–Trinajstić information content (AvgIpc) is 0.771. The summed E-state index contributed by atoms with van der Waals surface area (Å²) < 4.78 is 753. The Morgan fingerprint density at radius 2 is 0.363 bits per heavy atom. The molecule has 0 aromatic heterocycles. The van der Waals surface area contributed by atoms with Crippen LogP contribution in [0.1, 0.15) is 0 Å². The Morgan fingerprint density at radius 1 is 0.205 bits per heavy atom. The van der Waals surface area contributed by atoms with Gasteiger partial charge in [0.25, 0.3) is 0 Å². The zero-order valence-electron chi connectivity index (χ0n) is 76.1. The van der Waals surface area contributed by atoms with Crippen molar-refractivity contribution >= 4 is 188 Å². The van der Waals surface area contributed by atoms with Crippen molar-refractivity contribution < 1.29 is 1270 Å². The molecule has 4 heterocycles. The monoisotopic (exact) mass is 2950 g/mol. The maximum Gasteiger partial charge on any atom is 1.00 e. The molecule has 4 rings (SSSR count). The van der Waals surface area contributed by atoms with Gasteiger partial charge >= 0.3 is 925 Å². The van der Waals surface area contributed by atoms with Gasteiger partial charge in [0.05, 0.1) is 51.0 Å². The first kappa shape index (κ1) is 208. The van der Waals surface area contributed by atoms with Gasteiger partial charge in [-0.25, -0.2) is 147 Å². The summed E-state index contributed by atoms with van der Waals surface area (Å²) in [5.41, 5.74) is 0. The third kappa shape index (κ3) is 93.4. The van der Waals surface area contributed by atoms with Crippen LogP contribution in [0.25, 0.3) is 0 Å². The smallest absolute Gasteiger partial charge is 0.870 e. The Morgan fingerprint density at radius 3 is 0.527 bits per heavy atom. The van der Waals surface area contributed by atoms with Gasteiger partial charge in [0.15, 0.2) is 49.6 Å². The maximum atomic E-state index is 12.6. The van der Waals surface area contributed by atoms with Crippen molar-refractivity contribution in [3.63, 3.8) is 0 Å². The van der Waals surface area contributed by atoms with Crippen molar-refractivity contribution in [2.75, 3.05) is 39.6 Å². The van der Waals surface area contributed by atoms with E-state index in [1.807, 2.05) is 0 Å². The quantitative estimate of drug-likeness (QED) is 0.0236. The summed E-state index contributed by atoms with van der Waals surface area (Å²) in [6, 6.07) is 0. The van der Waals surface area contributed by atoms with Gasteiger partial charge in [-0.15, -0.1) is 0 Å². The average molecular weight is 2960 g/mol. The summed E-state index contributed by atoms with van der Waals surface area (Å²) in [6.07, 6.45) is -94.6. The molecule has 1 unspecified atom stereocenters. The number of rotatable bonds is 53. The summed E-state index contributed by atoms with van der Waals surface area (Å²) in [6.45, 7) is -16.0. The summed E-state index contributed by atoms with van der Waals surface area (Å²) in [5, 5.41) is 0. The number of hydrogen-bond donors (Lipinski definition) is 0. The first-order valence-corrected chi connectivity index (χ1v) is 52.6. The van der Waals surface area contributed by atoms with E-state index >= 15 is 0 Å². The van der Waals surface area contributed by atoms with Crippen LogP contribution >= 0.6 is 0 Å². The summed E-state index contributed by atoms with van der Waals surface area (Å²) in [4.78, 5) is 0. The van der Waals surface area contributed by atoms with Crippen molar-refractivity contribution in [3.8, 4) is 0 Å². The van der Waals surface area contributed by atoms with Crippen molar-refractivity contribution in [2.24, 2.45) is 0 Å². The molecule has 0 bridgehead atoms. The first-order valence-electron chi connectivity index (χ1n) is 28.9. The molecule has 0 saturated carbocycles. The van der Waals surface area contributed by atoms with E-state index in [4.69, 9.17) is 37.9 Å². The predicted molar refractivity (Wildman–Crippen MR) is 324 cm³/mol. The Kier molecular flexibility index (Phi) is 128. The molecule has 764 valence electrons. The van der Waals surface area contributed by atoms with E-state index in [1.54, 1.807) is 0 Å². The van der Waals surface area contributed by atoms with Crippen molar-refractivity contribution in [3.05, 3.63) is 0 Å². The molecule has 0 radical (unpaired) electrons. The molecule has 116 heteroatoms. The van der Waals surface area contributed by atoms with E-state index in [2.05, 4.69) is 75.3 Å². The third-order valence-electron chi connectivity index (χ3n) is 13.5. The molecule has 0 spiro atoms. The van der Waals surface area contributed by atoms with Crippen molar-refractivity contribution in [1.29, 1.82) is 0 Å². The van der Waals surface area contributed by atoms with Gasteiger partial charge in [-0.1, -0.05) is 0 Å². The van der Waals surface area contributed by atoms with Gasteiger partial charge in [-0.2, -0.15) is 0 Å². The zero-order chi connectivity index (χ0) is 98.6. The van der Waals surface area contributed by atoms with E-state index in [1.165, 1.54) is 0 Å². The van der Waals surface area contributed by atoms with E-state index in [0.717, 1.165) is 0 Å². The van der Waals surface area contributed by atoms with Crippen LogP contribution in [-0.4, -0.2) is 422 Å². The second-order valence-electron chi connectivity index (χ2n) is 22.3. The molecule has 1 N–H and O–H groups in total. The Labute approximate surface area is 1600 Å². The zero-order valence-corrected chi connectivity index (χ0v) is 147. The van der Waals surface area contributed by atoms with Gasteiger partial charge in [0.1, 0.15) is 97.7 Å². The Hall–Kier alpha value is 27.0. The molecule has 4 aliphatic heterocycles. The van der Waals surface area contributed by atoms with Gasteiger partial charge in [0, 0.05) is 0 Å². The van der Waals surface area contributed by atoms with Crippen LogP contribution in [0.3, 0.4) is 0 Å². The fourth-order valence-electron chi connectivity index (χ4n) is 10.1. The van der Waals surface area contributed by atoms with Crippen molar-refractivity contribution in [1.82, 2.24) is 0 Å². The topological polar surface area (TPSA) is 1280 Å². The van der Waals surface area contributed by atoms with Crippen LogP contribution in [0, 0.1) is 0 Å². The molecule has 0 aliphatic carbocycles. The molecule has 0 aromatic carbocycles. The van der Waals surface area contributed by atoms with Gasteiger partial charge in [-0.05, 0) is 0 Å². The SMILES string of the molecule is O=S([O-])O[C@@H]([C@H](OS(=O)(=O)[O-])[C@@H](CO[C@@H]1O[C@H](CO[C@@H]2O[C@H](COS(=O)(=O)[O-])[C@@H](OS(=O)(=O)[O-])[C@H](OS(=O)(=O)[O-])[C@H]2OS(=O)(=O)[O-])[C@@H](OS(=O)(=O)[O-])[C@H](OS(=O)(=O)[O-])[C@H]1OS(=O)(=O)[O-])OS(=O)(=O)[O-])[C@@H](CO[C@@H]1O[C@H](CO[C@@H]2O[C@H](COS(=O)(=O)[O-])[C@@H](OS(=O)(=O)[O-])[C@H](OS(=O)(=O)[O-])[C@H]2OS(=O)(=O)[O-])[C@@H](OS(=O)(=O)[O-])[C@H](OS(=O)(=O)[O-])[C@H]1OS(=O)(=O)[O-])OS(=O)(=O)[O-].[K+].[K+].[K+].[K+].[K+].[K+].[K+].[K+].[K+].[K+].[K+].[K+].[K+].[K+].[K+].[K+].[K+].[K+].[OH-]. The van der Waals surface area contributed by atoms with Gasteiger partial charge in [-0.3, -0.25) is 75.3 Å². The third-order valence-corrected chi connectivity index (χ3v) is 21.7. The molecule has 146 heavy (non-hydrogen) atoms. The second kappa shape index (κ2) is 90.3. The maximum absolute atomic E-state index is 12.6. The van der Waals surface area contributed by atoms with E-state index in [9.17, 15) is 229 Å². The van der Waals surface area contributed by atoms with Gasteiger partial charge < -0.3 is 125 Å². The van der Waals surface area contributed by atoms with E-state index in [0.29, 0.717) is 0 Å². The molecule has 80 nitrogen and oxygen atoms in total. The summed E-state index contributed by atoms with van der Waals surface area (Å²) in [5.74, 6) is 0. The van der Waals surface area contributed by atoms with Crippen LogP contribution in [0.2, 0.25) is 0 Å².